The van der Waals surface area contributed by atoms with Gasteiger partial charge in [0.1, 0.15) is 10.8 Å². The van der Waals surface area contributed by atoms with Crippen LogP contribution in [0.5, 0.6) is 0 Å². The minimum Gasteiger partial charge on any atom is -0.444 e. The van der Waals surface area contributed by atoms with Crippen molar-refractivity contribution in [2.75, 3.05) is 18.4 Å². The number of ether oxygens (including phenoxy) is 1. The van der Waals surface area contributed by atoms with E-state index in [-0.39, 0.29) is 12.1 Å². The van der Waals surface area contributed by atoms with Gasteiger partial charge in [-0.25, -0.2) is 19.7 Å². The van der Waals surface area contributed by atoms with Crippen LogP contribution in [0, 0.1) is 0 Å². The minimum absolute atomic E-state index is 0.0726. The maximum atomic E-state index is 12.3. The Morgan fingerprint density at radius 3 is 2.92 bits per heavy atom. The standard InChI is InChI=1S/C17H22ClN5O2S/c1-17(2,3)25-16(24)23-8-4-5-11(9-23)21-15-19-7-6-12(22-15)13-14(18)20-10-26-13/h6-7,10-11H,4-5,8-9H2,1-3H3,(H,19,21,22)/t11-/m0/s1. The van der Waals surface area contributed by atoms with E-state index in [0.29, 0.717) is 24.2 Å². The zero-order chi connectivity index (χ0) is 18.7. The van der Waals surface area contributed by atoms with Gasteiger partial charge in [0.15, 0.2) is 0 Å². The molecule has 1 aliphatic heterocycles. The van der Waals surface area contributed by atoms with Crippen molar-refractivity contribution < 1.29 is 9.53 Å². The first-order valence-corrected chi connectivity index (χ1v) is 9.74. The summed E-state index contributed by atoms with van der Waals surface area (Å²) in [4.78, 5) is 27.7. The van der Waals surface area contributed by atoms with Gasteiger partial charge >= 0.3 is 6.09 Å². The first kappa shape index (κ1) is 18.8. The van der Waals surface area contributed by atoms with Crippen LogP contribution in [0.15, 0.2) is 17.8 Å². The highest BCUT2D eigenvalue weighted by atomic mass is 35.5. The number of hydrogen-bond acceptors (Lipinski definition) is 7. The Balaban J connectivity index is 1.66. The first-order chi connectivity index (χ1) is 12.3. The van der Waals surface area contributed by atoms with E-state index in [4.69, 9.17) is 16.3 Å². The van der Waals surface area contributed by atoms with Crippen LogP contribution in [0.1, 0.15) is 33.6 Å². The number of anilines is 1. The Morgan fingerprint density at radius 1 is 1.42 bits per heavy atom. The summed E-state index contributed by atoms with van der Waals surface area (Å²) in [6, 6.07) is 1.88. The van der Waals surface area contributed by atoms with Crippen molar-refractivity contribution in [3.63, 3.8) is 0 Å². The van der Waals surface area contributed by atoms with Crippen LogP contribution in [-0.2, 0) is 4.74 Å². The molecule has 0 bridgehead atoms. The van der Waals surface area contributed by atoms with Crippen LogP contribution >= 0.6 is 22.9 Å². The van der Waals surface area contributed by atoms with Crippen molar-refractivity contribution in [3.8, 4) is 10.6 Å². The third-order valence-corrected chi connectivity index (χ3v) is 5.07. The Bertz CT molecular complexity index is 777. The molecule has 3 rings (SSSR count). The number of rotatable bonds is 3. The molecule has 1 atom stereocenters. The molecule has 1 aliphatic rings. The van der Waals surface area contributed by atoms with E-state index in [1.54, 1.807) is 22.7 Å². The molecule has 0 aromatic carbocycles. The van der Waals surface area contributed by atoms with Crippen molar-refractivity contribution in [1.29, 1.82) is 0 Å². The zero-order valence-electron chi connectivity index (χ0n) is 15.0. The third-order valence-electron chi connectivity index (χ3n) is 3.82. The molecular weight excluding hydrogens is 374 g/mol. The lowest BCUT2D eigenvalue weighted by atomic mass is 10.1. The monoisotopic (exact) mass is 395 g/mol. The van der Waals surface area contributed by atoms with E-state index >= 15 is 0 Å². The predicted molar refractivity (Wildman–Crippen MR) is 103 cm³/mol. The van der Waals surface area contributed by atoms with Crippen LogP contribution in [0.3, 0.4) is 0 Å². The number of halogens is 1. The summed E-state index contributed by atoms with van der Waals surface area (Å²) >= 11 is 7.52. The van der Waals surface area contributed by atoms with Crippen molar-refractivity contribution in [2.24, 2.45) is 0 Å². The fourth-order valence-corrected chi connectivity index (χ4v) is 3.71. The van der Waals surface area contributed by atoms with Crippen molar-refractivity contribution in [2.45, 2.75) is 45.3 Å². The molecule has 0 saturated carbocycles. The van der Waals surface area contributed by atoms with Gasteiger partial charge in [0, 0.05) is 25.3 Å². The van der Waals surface area contributed by atoms with Crippen LogP contribution in [0.25, 0.3) is 10.6 Å². The van der Waals surface area contributed by atoms with Gasteiger partial charge in [-0.3, -0.25) is 0 Å². The molecule has 2 aromatic heterocycles. The van der Waals surface area contributed by atoms with Gasteiger partial charge in [-0.1, -0.05) is 11.6 Å². The topological polar surface area (TPSA) is 80.2 Å². The second-order valence-corrected chi connectivity index (χ2v) is 8.36. The fourth-order valence-electron chi connectivity index (χ4n) is 2.72. The molecule has 9 heteroatoms. The average Bonchev–Trinajstić information content (AvgIpc) is 3.00. The third kappa shape index (κ3) is 4.82. The van der Waals surface area contributed by atoms with Crippen LogP contribution in [0.4, 0.5) is 10.7 Å². The quantitative estimate of drug-likeness (QED) is 0.843. The number of likely N-dealkylation sites (tertiary alicyclic amines) is 1. The van der Waals surface area contributed by atoms with Gasteiger partial charge in [0.05, 0.1) is 16.1 Å². The van der Waals surface area contributed by atoms with Crippen LogP contribution in [-0.4, -0.2) is 50.7 Å². The van der Waals surface area contributed by atoms with E-state index in [9.17, 15) is 4.79 Å². The smallest absolute Gasteiger partial charge is 0.410 e. The predicted octanol–water partition coefficient (Wildman–Crippen LogP) is 4.06. The summed E-state index contributed by atoms with van der Waals surface area (Å²) in [5.74, 6) is 0.517. The number of aromatic nitrogens is 3. The molecule has 0 aliphatic carbocycles. The van der Waals surface area contributed by atoms with Gasteiger partial charge in [0.2, 0.25) is 5.95 Å². The molecule has 1 fully saturated rings. The molecule has 1 N–H and O–H groups in total. The lowest BCUT2D eigenvalue weighted by molar-refractivity contribution is 0.0206. The van der Waals surface area contributed by atoms with E-state index in [1.807, 2.05) is 20.8 Å². The van der Waals surface area contributed by atoms with E-state index < -0.39 is 5.60 Å². The molecule has 2 aromatic rings. The van der Waals surface area contributed by atoms with Crippen molar-refractivity contribution in [1.82, 2.24) is 19.9 Å². The van der Waals surface area contributed by atoms with Gasteiger partial charge < -0.3 is 15.0 Å². The van der Waals surface area contributed by atoms with Gasteiger partial charge in [0.25, 0.3) is 0 Å². The number of carbonyl (C=O) groups excluding carboxylic acids is 1. The Labute approximate surface area is 161 Å². The Hall–Kier alpha value is -1.93. The summed E-state index contributed by atoms with van der Waals surface area (Å²) in [5.41, 5.74) is 1.92. The lowest BCUT2D eigenvalue weighted by Gasteiger charge is -2.34. The second-order valence-electron chi connectivity index (χ2n) is 7.15. The van der Waals surface area contributed by atoms with Crippen molar-refractivity contribution >= 4 is 35.0 Å². The summed E-state index contributed by atoms with van der Waals surface area (Å²) < 4.78 is 5.46. The van der Waals surface area contributed by atoms with Crippen molar-refractivity contribution in [3.05, 3.63) is 22.9 Å². The normalized spacial score (nSPS) is 17.8. The molecule has 7 nitrogen and oxygen atoms in total. The molecule has 0 radical (unpaired) electrons. The summed E-state index contributed by atoms with van der Waals surface area (Å²) in [6.45, 7) is 6.87. The second kappa shape index (κ2) is 7.75. The number of nitrogens with one attached hydrogen (secondary N) is 1. The zero-order valence-corrected chi connectivity index (χ0v) is 16.6. The average molecular weight is 396 g/mol. The summed E-state index contributed by atoms with van der Waals surface area (Å²) in [7, 11) is 0. The van der Waals surface area contributed by atoms with E-state index in [0.717, 1.165) is 23.4 Å². The molecule has 0 spiro atoms. The highest BCUT2D eigenvalue weighted by Crippen LogP contribution is 2.29. The van der Waals surface area contributed by atoms with Gasteiger partial charge in [-0.15, -0.1) is 11.3 Å². The SMILES string of the molecule is CC(C)(C)OC(=O)N1CCC[C@H](Nc2nccc(-c3scnc3Cl)n2)C1. The molecule has 140 valence electrons. The summed E-state index contributed by atoms with van der Waals surface area (Å²) in [6.07, 6.45) is 3.25. The van der Waals surface area contributed by atoms with E-state index in [1.165, 1.54) is 11.3 Å². The maximum absolute atomic E-state index is 12.3. The van der Waals surface area contributed by atoms with Crippen LogP contribution < -0.4 is 5.32 Å². The largest absolute Gasteiger partial charge is 0.444 e. The number of thiazole rings is 1. The molecule has 3 heterocycles. The lowest BCUT2D eigenvalue weighted by Crippen LogP contribution is -2.47. The molecule has 26 heavy (non-hydrogen) atoms. The molecule has 1 saturated heterocycles. The Kier molecular flexibility index (Phi) is 5.62. The highest BCUT2D eigenvalue weighted by Gasteiger charge is 2.28. The molecule has 0 unspecified atom stereocenters. The minimum atomic E-state index is -0.497. The maximum Gasteiger partial charge on any atom is 0.410 e. The highest BCUT2D eigenvalue weighted by molar-refractivity contribution is 7.13. The first-order valence-electron chi connectivity index (χ1n) is 8.49. The Morgan fingerprint density at radius 2 is 2.23 bits per heavy atom. The molecular formula is C17H22ClN5O2S. The van der Waals surface area contributed by atoms with Gasteiger partial charge in [-0.05, 0) is 39.7 Å². The van der Waals surface area contributed by atoms with E-state index in [2.05, 4.69) is 20.3 Å². The molecule has 1 amide bonds. The number of nitrogens with zero attached hydrogens (tertiary/aromatic N) is 4. The van der Waals surface area contributed by atoms with Gasteiger partial charge in [-0.2, -0.15) is 0 Å². The number of amides is 1. The number of piperidine rings is 1. The number of carbonyl (C=O) groups is 1. The fraction of sp³-hybridized carbons (Fsp3) is 0.529. The van der Waals surface area contributed by atoms with Crippen LogP contribution in [0.2, 0.25) is 5.15 Å². The number of hydrogen-bond donors (Lipinski definition) is 1. The summed E-state index contributed by atoms with van der Waals surface area (Å²) in [5, 5.41) is 3.76.